The molecule has 0 bridgehead atoms. The second-order valence-corrected chi connectivity index (χ2v) is 15.5. The number of ether oxygens (including phenoxy) is 1. The van der Waals surface area contributed by atoms with Gasteiger partial charge in [-0.3, -0.25) is 18.9 Å². The molecule has 0 spiro atoms. The fraction of sp³-hybridized carbons (Fsp3) is 0.452. The molecule has 0 radical (unpaired) electrons. The lowest BCUT2D eigenvalue weighted by Crippen LogP contribution is -2.58. The van der Waals surface area contributed by atoms with Crippen molar-refractivity contribution < 1.29 is 51.0 Å². The molecule has 3 aromatic rings. The monoisotopic (exact) mass is 699 g/mol. The molecule has 3 N–H and O–H groups in total. The molecule has 3 atom stereocenters. The topological polar surface area (TPSA) is 136 Å². The van der Waals surface area contributed by atoms with Crippen LogP contribution in [0.1, 0.15) is 60.5 Å². The Balaban J connectivity index is 1.32. The average Bonchev–Trinajstić information content (AvgIpc) is 3.65. The summed E-state index contributed by atoms with van der Waals surface area (Å²) in [4.78, 5) is 62.4. The Kier molecular flexibility index (Phi) is 9.61. The van der Waals surface area contributed by atoms with Gasteiger partial charge in [0.25, 0.3) is 5.91 Å². The minimum atomic E-state index is -5.79. The third-order valence-electron chi connectivity index (χ3n) is 8.30. The Morgan fingerprint density at radius 1 is 1.04 bits per heavy atom. The molecule has 3 heterocycles. The summed E-state index contributed by atoms with van der Waals surface area (Å²) in [6, 6.07) is 5.47. The molecule has 0 aliphatic carbocycles. The maximum absolute atomic E-state index is 14.3. The predicted octanol–water partition coefficient (Wildman–Crippen LogP) is 5.14. The van der Waals surface area contributed by atoms with Gasteiger partial charge in [0.05, 0.1) is 18.0 Å². The van der Waals surface area contributed by atoms with Gasteiger partial charge in [-0.25, -0.2) is 8.78 Å². The number of thiophene rings is 1. The fourth-order valence-corrected chi connectivity index (χ4v) is 7.26. The van der Waals surface area contributed by atoms with Gasteiger partial charge in [0.2, 0.25) is 11.8 Å². The van der Waals surface area contributed by atoms with E-state index in [4.69, 9.17) is 14.5 Å². The standard InChI is InChI=1S/C31H34F4N3O7PS/c1-30(2,3)26(36-27(39)25-14-18-11-19(6-7-24(18)47-25)31(34,35)46(42,43)44)29(41)38-8-4-5-22(38)28(40)37-9-10-45-23(16-37)17-12-20(32)15-21(33)13-17/h6-7,11-15,22-23,26H,4-5,8-10,16H2,1-3H3,(H,36,39)(H2,42,43,44)/t22-,23?,26+/m0/s1. The maximum atomic E-state index is 14.3. The number of rotatable bonds is 7. The highest BCUT2D eigenvalue weighted by Gasteiger charge is 2.50. The number of benzene rings is 2. The zero-order valence-corrected chi connectivity index (χ0v) is 27.4. The van der Waals surface area contributed by atoms with Gasteiger partial charge in [-0.15, -0.1) is 11.3 Å². The zero-order chi connectivity index (χ0) is 34.5. The first-order valence-corrected chi connectivity index (χ1v) is 17.2. The third kappa shape index (κ3) is 7.24. The Hall–Kier alpha value is -3.36. The van der Waals surface area contributed by atoms with Crippen molar-refractivity contribution in [2.75, 3.05) is 26.2 Å². The van der Waals surface area contributed by atoms with Crippen LogP contribution in [0.2, 0.25) is 0 Å². The molecule has 2 aliphatic heterocycles. The van der Waals surface area contributed by atoms with Crippen molar-refractivity contribution in [3.05, 3.63) is 70.1 Å². The van der Waals surface area contributed by atoms with Crippen LogP contribution in [0.5, 0.6) is 0 Å². The molecule has 5 rings (SSSR count). The van der Waals surface area contributed by atoms with Gasteiger partial charge in [0.1, 0.15) is 29.8 Å². The smallest absolute Gasteiger partial charge is 0.370 e. The summed E-state index contributed by atoms with van der Waals surface area (Å²) in [6.07, 6.45) is 0.155. The van der Waals surface area contributed by atoms with Crippen molar-refractivity contribution in [1.82, 2.24) is 15.1 Å². The number of likely N-dealkylation sites (tertiary alicyclic amines) is 1. The number of halogens is 4. The summed E-state index contributed by atoms with van der Waals surface area (Å²) in [5.74, 6) is -3.02. The van der Waals surface area contributed by atoms with Crippen LogP contribution in [0.25, 0.3) is 10.1 Å². The van der Waals surface area contributed by atoms with Gasteiger partial charge in [-0.05, 0) is 59.5 Å². The number of nitrogens with one attached hydrogen (secondary N) is 1. The lowest BCUT2D eigenvalue weighted by Gasteiger charge is -2.38. The van der Waals surface area contributed by atoms with Gasteiger partial charge in [-0.1, -0.05) is 26.8 Å². The number of hydrogen-bond acceptors (Lipinski definition) is 6. The molecule has 254 valence electrons. The van der Waals surface area contributed by atoms with Gasteiger partial charge < -0.3 is 29.6 Å². The molecule has 2 saturated heterocycles. The molecule has 1 unspecified atom stereocenters. The number of alkyl halides is 2. The summed E-state index contributed by atoms with van der Waals surface area (Å²) in [5, 5.41) is 2.92. The first-order chi connectivity index (χ1) is 21.9. The predicted molar refractivity (Wildman–Crippen MR) is 165 cm³/mol. The molecule has 16 heteroatoms. The SMILES string of the molecule is CC(C)(C)[C@H](NC(=O)c1cc2cc(C(F)(F)P(=O)(O)O)ccc2s1)C(=O)N1CCC[C@H]1C(=O)N1CCOC(c2cc(F)cc(F)c2)C1. The van der Waals surface area contributed by atoms with Crippen LogP contribution in [0, 0.1) is 17.0 Å². The minimum absolute atomic E-state index is 0.0352. The number of nitrogens with zero attached hydrogens (tertiary/aromatic N) is 2. The van der Waals surface area contributed by atoms with E-state index in [1.807, 2.05) is 0 Å². The maximum Gasteiger partial charge on any atom is 0.399 e. The third-order valence-corrected chi connectivity index (χ3v) is 10.4. The largest absolute Gasteiger partial charge is 0.399 e. The Morgan fingerprint density at radius 3 is 2.36 bits per heavy atom. The van der Waals surface area contributed by atoms with Crippen LogP contribution in [0.15, 0.2) is 42.5 Å². The first-order valence-electron chi connectivity index (χ1n) is 14.8. The molecule has 47 heavy (non-hydrogen) atoms. The molecule has 2 aliphatic rings. The van der Waals surface area contributed by atoms with E-state index in [0.29, 0.717) is 17.5 Å². The summed E-state index contributed by atoms with van der Waals surface area (Å²) >= 11 is 0.958. The van der Waals surface area contributed by atoms with Crippen LogP contribution in [0.4, 0.5) is 17.6 Å². The molecular formula is C31H34F4N3O7PS. The second-order valence-electron chi connectivity index (χ2n) is 12.8. The van der Waals surface area contributed by atoms with E-state index in [-0.39, 0.29) is 48.0 Å². The fourth-order valence-electron chi connectivity index (χ4n) is 5.84. The number of hydrogen-bond donors (Lipinski definition) is 3. The zero-order valence-electron chi connectivity index (χ0n) is 25.7. The van der Waals surface area contributed by atoms with Crippen molar-refractivity contribution >= 4 is 46.7 Å². The van der Waals surface area contributed by atoms with E-state index >= 15 is 0 Å². The molecular weight excluding hydrogens is 665 g/mol. The van der Waals surface area contributed by atoms with Crippen LogP contribution < -0.4 is 5.32 Å². The molecule has 0 saturated carbocycles. The van der Waals surface area contributed by atoms with Crippen molar-refractivity contribution in [1.29, 1.82) is 0 Å². The van der Waals surface area contributed by atoms with E-state index in [9.17, 15) is 36.5 Å². The number of carbonyl (C=O) groups excluding carboxylic acids is 3. The van der Waals surface area contributed by atoms with Crippen molar-refractivity contribution in [3.8, 4) is 0 Å². The van der Waals surface area contributed by atoms with E-state index in [1.54, 1.807) is 20.8 Å². The number of morpholine rings is 1. The molecule has 2 fully saturated rings. The van der Waals surface area contributed by atoms with Gasteiger partial charge in [0.15, 0.2) is 0 Å². The normalized spacial score (nSPS) is 20.0. The number of carbonyl (C=O) groups is 3. The van der Waals surface area contributed by atoms with Crippen LogP contribution in [-0.4, -0.2) is 75.6 Å². The summed E-state index contributed by atoms with van der Waals surface area (Å²) in [6.45, 7) is 5.88. The highest BCUT2D eigenvalue weighted by Crippen LogP contribution is 2.59. The van der Waals surface area contributed by atoms with E-state index in [2.05, 4.69) is 5.32 Å². The number of amides is 3. The van der Waals surface area contributed by atoms with Gasteiger partial charge in [0, 0.05) is 29.4 Å². The molecule has 2 aromatic carbocycles. The summed E-state index contributed by atoms with van der Waals surface area (Å²) < 4.78 is 73.7. The molecule has 3 amide bonds. The molecule has 10 nitrogen and oxygen atoms in total. The van der Waals surface area contributed by atoms with Crippen LogP contribution in [0.3, 0.4) is 0 Å². The lowest BCUT2D eigenvalue weighted by atomic mass is 9.85. The second kappa shape index (κ2) is 12.9. The summed E-state index contributed by atoms with van der Waals surface area (Å²) in [7, 11) is -5.79. The average molecular weight is 700 g/mol. The van der Waals surface area contributed by atoms with Crippen molar-refractivity contribution in [2.24, 2.45) is 5.41 Å². The van der Waals surface area contributed by atoms with E-state index < -0.39 is 65.9 Å². The minimum Gasteiger partial charge on any atom is -0.370 e. The highest BCUT2D eigenvalue weighted by atomic mass is 32.1. The van der Waals surface area contributed by atoms with Gasteiger partial charge in [-0.2, -0.15) is 8.78 Å². The van der Waals surface area contributed by atoms with E-state index in [0.717, 1.165) is 41.7 Å². The Labute approximate surface area is 271 Å². The van der Waals surface area contributed by atoms with Crippen LogP contribution >= 0.6 is 18.9 Å². The Bertz CT molecular complexity index is 1740. The van der Waals surface area contributed by atoms with Crippen molar-refractivity contribution in [3.63, 3.8) is 0 Å². The Morgan fingerprint density at radius 2 is 1.72 bits per heavy atom. The lowest BCUT2D eigenvalue weighted by molar-refractivity contribution is -0.150. The van der Waals surface area contributed by atoms with Crippen molar-refractivity contribution in [2.45, 2.75) is 57.5 Å². The quantitative estimate of drug-likeness (QED) is 0.230. The van der Waals surface area contributed by atoms with E-state index in [1.165, 1.54) is 21.9 Å². The van der Waals surface area contributed by atoms with Gasteiger partial charge >= 0.3 is 13.3 Å². The molecule has 1 aromatic heterocycles. The number of fused-ring (bicyclic) bond motifs is 1. The highest BCUT2D eigenvalue weighted by molar-refractivity contribution is 7.52. The van der Waals surface area contributed by atoms with Crippen LogP contribution in [-0.2, 0) is 24.6 Å². The first kappa shape index (κ1) is 35.0. The summed E-state index contributed by atoms with van der Waals surface area (Å²) in [5.41, 5.74) is -5.88.